The fourth-order valence-corrected chi connectivity index (χ4v) is 4.38. The van der Waals surface area contributed by atoms with Crippen molar-refractivity contribution in [1.29, 1.82) is 0 Å². The molecular weight excluding hydrogens is 430 g/mol. The molecule has 1 fully saturated rings. The third kappa shape index (κ3) is 4.06. The summed E-state index contributed by atoms with van der Waals surface area (Å²) >= 11 is 0. The average Bonchev–Trinajstić information content (AvgIpc) is 3.57. The number of hydrogen-bond donors (Lipinski definition) is 1. The van der Waals surface area contributed by atoms with Crippen LogP contribution in [0, 0.1) is 0 Å². The van der Waals surface area contributed by atoms with Gasteiger partial charge in [-0.05, 0) is 26.6 Å². The van der Waals surface area contributed by atoms with Gasteiger partial charge in [0, 0.05) is 55.9 Å². The number of aromatic nitrogens is 4. The summed E-state index contributed by atoms with van der Waals surface area (Å²) in [5, 5.41) is 7.10. The normalized spacial score (nSPS) is 15.9. The molecule has 1 aromatic carbocycles. The third-order valence-electron chi connectivity index (χ3n) is 6.35. The minimum atomic E-state index is -0.383. The van der Waals surface area contributed by atoms with Crippen molar-refractivity contribution in [3.8, 4) is 11.3 Å². The number of likely N-dealkylation sites (tertiary alicyclic amines) is 1. The lowest BCUT2D eigenvalue weighted by Gasteiger charge is -2.20. The molecule has 0 saturated carbocycles. The predicted molar refractivity (Wildman–Crippen MR) is 130 cm³/mol. The number of pyridine rings is 1. The summed E-state index contributed by atoms with van der Waals surface area (Å²) in [6.45, 7) is 1.31. The number of nitrogens with zero attached hydrogens (tertiary/aromatic N) is 6. The second-order valence-corrected chi connectivity index (χ2v) is 8.81. The number of rotatable bonds is 5. The predicted octanol–water partition coefficient (Wildman–Crippen LogP) is 2.76. The van der Waals surface area contributed by atoms with E-state index >= 15 is 0 Å². The number of nitrogens with one attached hydrogen (secondary N) is 1. The maximum atomic E-state index is 13.2. The number of carbonyl (C=O) groups is 2. The highest BCUT2D eigenvalue weighted by Crippen LogP contribution is 2.22. The number of benzene rings is 1. The zero-order valence-electron chi connectivity index (χ0n) is 19.5. The van der Waals surface area contributed by atoms with Crippen molar-refractivity contribution >= 4 is 23.1 Å². The molecule has 1 unspecified atom stereocenters. The summed E-state index contributed by atoms with van der Waals surface area (Å²) in [4.78, 5) is 35.0. The SMILES string of the molecule is CN(C)C1CCN(C(=O)c2cnn(C)c2C(=O)Nc2ccn3cc(-c4ccccc4)nc3c2)C1. The summed E-state index contributed by atoms with van der Waals surface area (Å²) < 4.78 is 3.36. The number of amides is 2. The number of hydrogen-bond acceptors (Lipinski definition) is 5. The minimum absolute atomic E-state index is 0.168. The monoisotopic (exact) mass is 457 g/mol. The topological polar surface area (TPSA) is 87.8 Å². The van der Waals surface area contributed by atoms with E-state index in [1.807, 2.05) is 67.3 Å². The number of anilines is 1. The van der Waals surface area contributed by atoms with Crippen LogP contribution in [-0.2, 0) is 7.05 Å². The van der Waals surface area contributed by atoms with E-state index in [0.29, 0.717) is 36.0 Å². The Bertz CT molecular complexity index is 1360. The molecule has 1 saturated heterocycles. The maximum absolute atomic E-state index is 13.2. The molecule has 0 radical (unpaired) electrons. The van der Waals surface area contributed by atoms with E-state index in [1.54, 1.807) is 18.0 Å². The van der Waals surface area contributed by atoms with Crippen molar-refractivity contribution in [2.45, 2.75) is 12.5 Å². The van der Waals surface area contributed by atoms with E-state index in [9.17, 15) is 9.59 Å². The van der Waals surface area contributed by atoms with Gasteiger partial charge in [0.05, 0.1) is 17.5 Å². The summed E-state index contributed by atoms with van der Waals surface area (Å²) in [5.74, 6) is -0.551. The molecule has 4 heterocycles. The van der Waals surface area contributed by atoms with Gasteiger partial charge >= 0.3 is 0 Å². The fraction of sp³-hybridized carbons (Fsp3) is 0.280. The van der Waals surface area contributed by atoms with Gasteiger partial charge in [-0.3, -0.25) is 14.3 Å². The molecule has 0 spiro atoms. The highest BCUT2D eigenvalue weighted by molar-refractivity contribution is 6.11. The van der Waals surface area contributed by atoms with Crippen LogP contribution >= 0.6 is 0 Å². The number of imidazole rings is 1. The molecule has 0 bridgehead atoms. The van der Waals surface area contributed by atoms with E-state index in [2.05, 4.69) is 20.3 Å². The average molecular weight is 458 g/mol. The number of carbonyl (C=O) groups excluding carboxylic acids is 2. The van der Waals surface area contributed by atoms with Crippen LogP contribution in [0.3, 0.4) is 0 Å². The van der Waals surface area contributed by atoms with Gasteiger partial charge in [0.1, 0.15) is 11.3 Å². The van der Waals surface area contributed by atoms with Crippen LogP contribution in [0.15, 0.2) is 61.1 Å². The number of likely N-dealkylation sites (N-methyl/N-ethyl adjacent to an activating group) is 1. The first-order valence-corrected chi connectivity index (χ1v) is 11.2. The highest BCUT2D eigenvalue weighted by atomic mass is 16.2. The second-order valence-electron chi connectivity index (χ2n) is 8.81. The number of aryl methyl sites for hydroxylation is 1. The zero-order chi connectivity index (χ0) is 23.8. The molecule has 4 aromatic rings. The van der Waals surface area contributed by atoms with Crippen LogP contribution in [0.1, 0.15) is 27.3 Å². The maximum Gasteiger partial charge on any atom is 0.274 e. The van der Waals surface area contributed by atoms with Crippen molar-refractivity contribution < 1.29 is 9.59 Å². The lowest BCUT2D eigenvalue weighted by atomic mass is 10.2. The molecule has 2 amide bonds. The van der Waals surface area contributed by atoms with E-state index in [-0.39, 0.29) is 17.5 Å². The van der Waals surface area contributed by atoms with Gasteiger partial charge in [0.15, 0.2) is 0 Å². The zero-order valence-corrected chi connectivity index (χ0v) is 19.5. The Labute approximate surface area is 197 Å². The molecule has 9 heteroatoms. The van der Waals surface area contributed by atoms with E-state index < -0.39 is 0 Å². The van der Waals surface area contributed by atoms with Crippen LogP contribution < -0.4 is 5.32 Å². The molecule has 1 aliphatic heterocycles. The van der Waals surface area contributed by atoms with E-state index in [0.717, 1.165) is 17.7 Å². The molecule has 174 valence electrons. The molecule has 34 heavy (non-hydrogen) atoms. The van der Waals surface area contributed by atoms with Crippen molar-refractivity contribution in [2.24, 2.45) is 7.05 Å². The van der Waals surface area contributed by atoms with Gasteiger partial charge < -0.3 is 19.5 Å². The van der Waals surface area contributed by atoms with Crippen LogP contribution in [0.4, 0.5) is 5.69 Å². The Balaban J connectivity index is 1.36. The molecule has 1 atom stereocenters. The van der Waals surface area contributed by atoms with Crippen molar-refractivity contribution in [1.82, 2.24) is 29.0 Å². The Hall–Kier alpha value is -3.98. The highest BCUT2D eigenvalue weighted by Gasteiger charge is 2.31. The van der Waals surface area contributed by atoms with Crippen LogP contribution in [0.5, 0.6) is 0 Å². The molecule has 0 aliphatic carbocycles. The van der Waals surface area contributed by atoms with Gasteiger partial charge in [0.2, 0.25) is 0 Å². The van der Waals surface area contributed by atoms with Crippen LogP contribution in [0.2, 0.25) is 0 Å². The fourth-order valence-electron chi connectivity index (χ4n) is 4.38. The van der Waals surface area contributed by atoms with Crippen molar-refractivity contribution in [3.05, 3.63) is 72.3 Å². The Morgan fingerprint density at radius 3 is 2.68 bits per heavy atom. The Morgan fingerprint density at radius 2 is 1.94 bits per heavy atom. The molecule has 1 aliphatic rings. The standard InChI is InChI=1S/C25H27N7O2/c1-29(2)19-10-12-32(15-19)25(34)20-14-26-30(3)23(20)24(33)27-18-9-11-31-16-21(28-22(31)13-18)17-7-5-4-6-8-17/h4-9,11,13-14,16,19H,10,12,15H2,1-3H3,(H,27,33). The van der Waals surface area contributed by atoms with Gasteiger partial charge in [-0.15, -0.1) is 0 Å². The van der Waals surface area contributed by atoms with E-state index in [4.69, 9.17) is 0 Å². The summed E-state index contributed by atoms with van der Waals surface area (Å²) in [7, 11) is 5.70. The molecule has 1 N–H and O–H groups in total. The number of fused-ring (bicyclic) bond motifs is 1. The quantitative estimate of drug-likeness (QED) is 0.498. The first-order chi connectivity index (χ1) is 16.4. The van der Waals surface area contributed by atoms with Crippen LogP contribution in [-0.4, -0.2) is 74.0 Å². The molecule has 9 nitrogen and oxygen atoms in total. The van der Waals surface area contributed by atoms with E-state index in [1.165, 1.54) is 10.9 Å². The van der Waals surface area contributed by atoms with Gasteiger partial charge in [0.25, 0.3) is 11.8 Å². The smallest absolute Gasteiger partial charge is 0.274 e. The molecule has 3 aromatic heterocycles. The minimum Gasteiger partial charge on any atom is -0.337 e. The van der Waals surface area contributed by atoms with Gasteiger partial charge in [-0.1, -0.05) is 30.3 Å². The third-order valence-corrected chi connectivity index (χ3v) is 6.35. The van der Waals surface area contributed by atoms with Crippen molar-refractivity contribution in [3.63, 3.8) is 0 Å². The lowest BCUT2D eigenvalue weighted by molar-refractivity contribution is 0.0777. The Morgan fingerprint density at radius 1 is 1.15 bits per heavy atom. The van der Waals surface area contributed by atoms with Gasteiger partial charge in [-0.2, -0.15) is 5.10 Å². The first kappa shape index (κ1) is 21.8. The lowest BCUT2D eigenvalue weighted by Crippen LogP contribution is -2.35. The molecular formula is C25H27N7O2. The molecule has 5 rings (SSSR count). The second kappa shape index (κ2) is 8.75. The summed E-state index contributed by atoms with van der Waals surface area (Å²) in [6.07, 6.45) is 6.19. The first-order valence-electron chi connectivity index (χ1n) is 11.2. The summed E-state index contributed by atoms with van der Waals surface area (Å²) in [6, 6.07) is 13.9. The largest absolute Gasteiger partial charge is 0.337 e. The van der Waals surface area contributed by atoms with Crippen molar-refractivity contribution in [2.75, 3.05) is 32.5 Å². The van der Waals surface area contributed by atoms with Crippen LogP contribution in [0.25, 0.3) is 16.9 Å². The van der Waals surface area contributed by atoms with Gasteiger partial charge in [-0.25, -0.2) is 4.98 Å². The Kier molecular flexibility index (Phi) is 5.62. The summed E-state index contributed by atoms with van der Waals surface area (Å²) in [5.41, 5.74) is 3.73.